The molecule has 2 bridgehead atoms. The minimum absolute atomic E-state index is 0.00308. The Morgan fingerprint density at radius 3 is 2.77 bits per heavy atom. The molecule has 4 aliphatic rings. The van der Waals surface area contributed by atoms with Gasteiger partial charge in [-0.15, -0.1) is 0 Å². The fourth-order valence-corrected chi connectivity index (χ4v) is 4.90. The molecule has 154 valence electrons. The summed E-state index contributed by atoms with van der Waals surface area (Å²) < 4.78 is 11.7. The van der Waals surface area contributed by atoms with Gasteiger partial charge in [0.05, 0.1) is 24.3 Å². The number of rotatable bonds is 3. The highest BCUT2D eigenvalue weighted by Crippen LogP contribution is 2.37. The maximum absolute atomic E-state index is 12.6. The van der Waals surface area contributed by atoms with Crippen LogP contribution < -0.4 is 10.1 Å². The Morgan fingerprint density at radius 2 is 2.00 bits per heavy atom. The smallest absolute Gasteiger partial charge is 0.407 e. The molecular weight excluding hydrogens is 378 g/mol. The molecule has 1 unspecified atom stereocenters. The van der Waals surface area contributed by atoms with E-state index in [2.05, 4.69) is 16.3 Å². The van der Waals surface area contributed by atoms with Crippen LogP contribution in [0.2, 0.25) is 0 Å². The van der Waals surface area contributed by atoms with Gasteiger partial charge in [-0.1, -0.05) is 30.3 Å². The average molecular weight is 403 g/mol. The van der Waals surface area contributed by atoms with Gasteiger partial charge in [-0.05, 0) is 55.1 Å². The monoisotopic (exact) mass is 403 g/mol. The van der Waals surface area contributed by atoms with Gasteiger partial charge in [0.2, 0.25) is 0 Å². The second-order valence-corrected chi connectivity index (χ2v) is 8.33. The molecule has 1 amide bonds. The Balaban J connectivity index is 1.31. The molecular formula is C24H25N3O3. The molecule has 3 saturated heterocycles. The van der Waals surface area contributed by atoms with Crippen LogP contribution in [0.1, 0.15) is 36.4 Å². The van der Waals surface area contributed by atoms with E-state index in [1.54, 1.807) is 0 Å². The molecule has 4 heterocycles. The number of nitriles is 1. The number of piperidine rings is 3. The summed E-state index contributed by atoms with van der Waals surface area (Å²) in [5.74, 6) is 1.24. The van der Waals surface area contributed by atoms with E-state index in [0.717, 1.165) is 54.9 Å². The van der Waals surface area contributed by atoms with Crippen LogP contribution in [-0.2, 0) is 4.74 Å². The number of amides is 1. The number of hydrogen-bond acceptors (Lipinski definition) is 5. The third-order valence-corrected chi connectivity index (χ3v) is 6.56. The van der Waals surface area contributed by atoms with E-state index in [4.69, 9.17) is 9.47 Å². The summed E-state index contributed by atoms with van der Waals surface area (Å²) in [7, 11) is 0. The summed E-state index contributed by atoms with van der Waals surface area (Å²) in [4.78, 5) is 15.0. The predicted octanol–water partition coefficient (Wildman–Crippen LogP) is 3.87. The Bertz CT molecular complexity index is 991. The van der Waals surface area contributed by atoms with Crippen LogP contribution in [0.3, 0.4) is 0 Å². The first-order valence-corrected chi connectivity index (χ1v) is 10.7. The van der Waals surface area contributed by atoms with E-state index in [1.165, 1.54) is 0 Å². The molecule has 3 fully saturated rings. The largest absolute Gasteiger partial charge is 0.493 e. The number of hydrogen-bond donors (Lipinski definition) is 1. The van der Waals surface area contributed by atoms with Crippen molar-refractivity contribution in [3.05, 3.63) is 53.6 Å². The molecule has 2 aromatic carbocycles. The quantitative estimate of drug-likeness (QED) is 0.842. The van der Waals surface area contributed by atoms with Crippen LogP contribution in [0, 0.1) is 17.2 Å². The van der Waals surface area contributed by atoms with Crippen LogP contribution in [0.15, 0.2) is 42.5 Å². The number of nitrogens with one attached hydrogen (secondary N) is 1. The Kier molecular flexibility index (Phi) is 5.06. The summed E-state index contributed by atoms with van der Waals surface area (Å²) in [5, 5.41) is 12.4. The molecule has 0 aromatic heterocycles. The van der Waals surface area contributed by atoms with Crippen LogP contribution in [-0.4, -0.2) is 43.3 Å². The fourth-order valence-electron chi connectivity index (χ4n) is 4.90. The van der Waals surface area contributed by atoms with Crippen molar-refractivity contribution in [2.24, 2.45) is 5.92 Å². The van der Waals surface area contributed by atoms with Gasteiger partial charge in [0, 0.05) is 18.5 Å². The number of ether oxygens (including phenoxy) is 2. The third-order valence-electron chi connectivity index (χ3n) is 6.56. The highest BCUT2D eigenvalue weighted by atomic mass is 16.6. The van der Waals surface area contributed by atoms with E-state index in [0.29, 0.717) is 24.5 Å². The standard InChI is InChI=1S/C24H25N3O3/c25-14-18-3-1-2-4-19(18)17-5-6-20-21(9-12-29-22(20)13-17)26-24(28)30-23-15-27-10-7-16(23)8-11-27/h1-6,13,16,21,23H,7-12,15H2,(H,26,28)/t21?,23-/m0/s1. The zero-order valence-electron chi connectivity index (χ0n) is 16.8. The maximum atomic E-state index is 12.6. The molecule has 6 rings (SSSR count). The number of nitrogens with zero attached hydrogens (tertiary/aromatic N) is 2. The molecule has 0 aliphatic carbocycles. The summed E-state index contributed by atoms with van der Waals surface area (Å²) in [6, 6.07) is 15.6. The first kappa shape index (κ1) is 19.0. The average Bonchev–Trinajstić information content (AvgIpc) is 2.79. The van der Waals surface area contributed by atoms with Gasteiger partial charge in [-0.25, -0.2) is 4.79 Å². The lowest BCUT2D eigenvalue weighted by atomic mass is 9.86. The van der Waals surface area contributed by atoms with Crippen molar-refractivity contribution in [3.63, 3.8) is 0 Å². The van der Waals surface area contributed by atoms with Crippen molar-refractivity contribution >= 4 is 6.09 Å². The highest BCUT2D eigenvalue weighted by molar-refractivity contribution is 5.73. The Labute approximate surface area is 176 Å². The summed E-state index contributed by atoms with van der Waals surface area (Å²) >= 11 is 0. The predicted molar refractivity (Wildman–Crippen MR) is 112 cm³/mol. The Morgan fingerprint density at radius 1 is 1.17 bits per heavy atom. The third kappa shape index (κ3) is 3.61. The van der Waals surface area contributed by atoms with E-state index >= 15 is 0 Å². The lowest BCUT2D eigenvalue weighted by Crippen LogP contribution is -2.52. The molecule has 0 saturated carbocycles. The minimum atomic E-state index is -0.342. The number of alkyl carbamates (subject to hydrolysis) is 1. The van der Waals surface area contributed by atoms with E-state index in [-0.39, 0.29) is 18.2 Å². The zero-order chi connectivity index (χ0) is 20.5. The number of benzene rings is 2. The summed E-state index contributed by atoms with van der Waals surface area (Å²) in [6.45, 7) is 3.62. The van der Waals surface area contributed by atoms with Gasteiger partial charge in [-0.2, -0.15) is 5.26 Å². The second-order valence-electron chi connectivity index (χ2n) is 8.33. The van der Waals surface area contributed by atoms with Crippen LogP contribution in [0.4, 0.5) is 4.79 Å². The minimum Gasteiger partial charge on any atom is -0.493 e. The van der Waals surface area contributed by atoms with Crippen LogP contribution in [0.5, 0.6) is 5.75 Å². The van der Waals surface area contributed by atoms with Crippen molar-refractivity contribution in [1.82, 2.24) is 10.2 Å². The lowest BCUT2D eigenvalue weighted by Gasteiger charge is -2.44. The number of fused-ring (bicyclic) bond motifs is 4. The van der Waals surface area contributed by atoms with Crippen LogP contribution in [0.25, 0.3) is 11.1 Å². The van der Waals surface area contributed by atoms with Crippen molar-refractivity contribution in [3.8, 4) is 22.9 Å². The van der Waals surface area contributed by atoms with Crippen molar-refractivity contribution in [2.75, 3.05) is 26.2 Å². The molecule has 2 atom stereocenters. The Hall–Kier alpha value is -3.04. The molecule has 1 N–H and O–H groups in total. The SMILES string of the molecule is N#Cc1ccccc1-c1ccc2c(c1)OCCC2NC(=O)O[C@H]1CN2CCC1CC2. The molecule has 6 nitrogen and oxygen atoms in total. The molecule has 4 aliphatic heterocycles. The molecule has 2 aromatic rings. The molecule has 30 heavy (non-hydrogen) atoms. The van der Waals surface area contributed by atoms with Gasteiger partial charge in [0.25, 0.3) is 0 Å². The van der Waals surface area contributed by atoms with Gasteiger partial charge >= 0.3 is 6.09 Å². The summed E-state index contributed by atoms with van der Waals surface area (Å²) in [6.07, 6.45) is 2.59. The zero-order valence-corrected chi connectivity index (χ0v) is 16.8. The van der Waals surface area contributed by atoms with Crippen molar-refractivity contribution in [1.29, 1.82) is 5.26 Å². The van der Waals surface area contributed by atoms with E-state index < -0.39 is 0 Å². The van der Waals surface area contributed by atoms with Gasteiger partial charge in [0.15, 0.2) is 0 Å². The van der Waals surface area contributed by atoms with Gasteiger partial charge < -0.3 is 14.8 Å². The summed E-state index contributed by atoms with van der Waals surface area (Å²) in [5.41, 5.74) is 3.39. The normalized spacial score (nSPS) is 26.8. The van der Waals surface area contributed by atoms with E-state index in [1.807, 2.05) is 42.5 Å². The van der Waals surface area contributed by atoms with Crippen LogP contribution >= 0.6 is 0 Å². The first-order chi connectivity index (χ1) is 14.7. The number of carbonyl (C=O) groups excluding carboxylic acids is 1. The van der Waals surface area contributed by atoms with Gasteiger partial charge in [0.1, 0.15) is 11.9 Å². The highest BCUT2D eigenvalue weighted by Gasteiger charge is 2.37. The first-order valence-electron chi connectivity index (χ1n) is 10.7. The lowest BCUT2D eigenvalue weighted by molar-refractivity contribution is -0.0342. The van der Waals surface area contributed by atoms with E-state index in [9.17, 15) is 10.1 Å². The number of carbonyl (C=O) groups is 1. The maximum Gasteiger partial charge on any atom is 0.407 e. The fraction of sp³-hybridized carbons (Fsp3) is 0.417. The molecule has 6 heteroatoms. The molecule has 0 radical (unpaired) electrons. The second kappa shape index (κ2) is 8.00. The topological polar surface area (TPSA) is 74.6 Å². The van der Waals surface area contributed by atoms with Crippen molar-refractivity contribution in [2.45, 2.75) is 31.4 Å². The van der Waals surface area contributed by atoms with Crippen molar-refractivity contribution < 1.29 is 14.3 Å². The van der Waals surface area contributed by atoms with Gasteiger partial charge in [-0.3, -0.25) is 4.90 Å². The molecule has 0 spiro atoms.